The standard InChI is InChI=1S/C15H14O3/c1-10-8-12(17-15-7-6-14(16)18-15)9-11-4-2-3-5-13(10)11/h2-10,13,15H,1H3/t10?,13?,15-/m1/s1. The van der Waals surface area contributed by atoms with Gasteiger partial charge in [-0.15, -0.1) is 0 Å². The molecular weight excluding hydrogens is 228 g/mol. The zero-order chi connectivity index (χ0) is 12.5. The van der Waals surface area contributed by atoms with Gasteiger partial charge in [0.2, 0.25) is 0 Å². The van der Waals surface area contributed by atoms with Crippen LogP contribution in [0.5, 0.6) is 0 Å². The number of carbonyl (C=O) groups excluding carboxylic acids is 1. The summed E-state index contributed by atoms with van der Waals surface area (Å²) in [6, 6.07) is 0. The highest BCUT2D eigenvalue weighted by atomic mass is 16.7. The molecule has 18 heavy (non-hydrogen) atoms. The van der Waals surface area contributed by atoms with Gasteiger partial charge in [0.15, 0.2) is 0 Å². The van der Waals surface area contributed by atoms with Gasteiger partial charge in [0.05, 0.1) is 0 Å². The molecule has 0 amide bonds. The predicted octanol–water partition coefficient (Wildman–Crippen LogP) is 2.64. The van der Waals surface area contributed by atoms with Crippen LogP contribution >= 0.6 is 0 Å². The highest BCUT2D eigenvalue weighted by molar-refractivity contribution is 5.84. The highest BCUT2D eigenvalue weighted by Crippen LogP contribution is 2.33. The molecule has 3 nitrogen and oxygen atoms in total. The van der Waals surface area contributed by atoms with Gasteiger partial charge < -0.3 is 9.47 Å². The number of hydrogen-bond acceptors (Lipinski definition) is 3. The molecule has 0 saturated carbocycles. The fourth-order valence-corrected chi connectivity index (χ4v) is 2.39. The average Bonchev–Trinajstić information content (AvgIpc) is 2.75. The van der Waals surface area contributed by atoms with Crippen LogP contribution < -0.4 is 0 Å². The minimum atomic E-state index is -0.590. The first-order valence-corrected chi connectivity index (χ1v) is 6.06. The SMILES string of the molecule is CC1C=C(O[C@H]2C=CC(=O)O2)C=C2C=CC=CC21. The number of cyclic esters (lactones) is 1. The zero-order valence-corrected chi connectivity index (χ0v) is 10.1. The summed E-state index contributed by atoms with van der Waals surface area (Å²) in [7, 11) is 0. The number of allylic oxidation sites excluding steroid dienone is 7. The molecular formula is C15H14O3. The van der Waals surface area contributed by atoms with E-state index in [4.69, 9.17) is 9.47 Å². The molecule has 0 radical (unpaired) electrons. The van der Waals surface area contributed by atoms with Crippen LogP contribution in [0.4, 0.5) is 0 Å². The second kappa shape index (κ2) is 4.33. The minimum Gasteiger partial charge on any atom is -0.451 e. The van der Waals surface area contributed by atoms with Crippen molar-refractivity contribution in [2.24, 2.45) is 11.8 Å². The van der Waals surface area contributed by atoms with E-state index in [2.05, 4.69) is 31.2 Å². The molecule has 0 aromatic carbocycles. The highest BCUT2D eigenvalue weighted by Gasteiger charge is 2.25. The first kappa shape index (κ1) is 11.1. The molecule has 92 valence electrons. The number of carbonyl (C=O) groups is 1. The Balaban J connectivity index is 1.76. The van der Waals surface area contributed by atoms with Gasteiger partial charge in [-0.1, -0.05) is 31.2 Å². The van der Waals surface area contributed by atoms with Crippen LogP contribution in [-0.2, 0) is 14.3 Å². The molecule has 2 aliphatic carbocycles. The Morgan fingerprint density at radius 2 is 2.11 bits per heavy atom. The number of fused-ring (bicyclic) bond motifs is 1. The number of rotatable bonds is 2. The summed E-state index contributed by atoms with van der Waals surface area (Å²) in [4.78, 5) is 10.9. The van der Waals surface area contributed by atoms with Crippen LogP contribution in [0.1, 0.15) is 6.92 Å². The summed E-state index contributed by atoms with van der Waals surface area (Å²) in [5.74, 6) is 1.21. The van der Waals surface area contributed by atoms with E-state index in [0.29, 0.717) is 11.8 Å². The monoisotopic (exact) mass is 242 g/mol. The lowest BCUT2D eigenvalue weighted by atomic mass is 9.80. The van der Waals surface area contributed by atoms with Gasteiger partial charge >= 0.3 is 5.97 Å². The van der Waals surface area contributed by atoms with Gasteiger partial charge in [-0.3, -0.25) is 0 Å². The quantitative estimate of drug-likeness (QED) is 0.698. The Labute approximate surface area is 106 Å². The first-order chi connectivity index (χ1) is 8.72. The topological polar surface area (TPSA) is 35.5 Å². The maximum Gasteiger partial charge on any atom is 0.334 e. The molecule has 0 aromatic rings. The fourth-order valence-electron chi connectivity index (χ4n) is 2.39. The lowest BCUT2D eigenvalue weighted by Crippen LogP contribution is -2.18. The number of esters is 1. The third-order valence-electron chi connectivity index (χ3n) is 3.28. The average molecular weight is 242 g/mol. The first-order valence-electron chi connectivity index (χ1n) is 6.06. The Morgan fingerprint density at radius 3 is 2.89 bits per heavy atom. The van der Waals surface area contributed by atoms with E-state index < -0.39 is 6.29 Å². The van der Waals surface area contributed by atoms with Crippen molar-refractivity contribution in [1.29, 1.82) is 0 Å². The Hall–Kier alpha value is -2.03. The maximum absolute atomic E-state index is 10.9. The Morgan fingerprint density at radius 1 is 1.22 bits per heavy atom. The van der Waals surface area contributed by atoms with E-state index in [0.717, 1.165) is 5.76 Å². The largest absolute Gasteiger partial charge is 0.451 e. The van der Waals surface area contributed by atoms with Crippen LogP contribution in [0.25, 0.3) is 0 Å². The van der Waals surface area contributed by atoms with Crippen molar-refractivity contribution in [3.63, 3.8) is 0 Å². The molecule has 2 unspecified atom stereocenters. The predicted molar refractivity (Wildman–Crippen MR) is 67.2 cm³/mol. The van der Waals surface area contributed by atoms with Crippen molar-refractivity contribution in [2.75, 3.05) is 0 Å². The van der Waals surface area contributed by atoms with Crippen molar-refractivity contribution >= 4 is 5.97 Å². The summed E-state index contributed by atoms with van der Waals surface area (Å²) >= 11 is 0. The van der Waals surface area contributed by atoms with Gasteiger partial charge in [-0.25, -0.2) is 4.79 Å². The molecule has 0 saturated heterocycles. The van der Waals surface area contributed by atoms with E-state index >= 15 is 0 Å². The van der Waals surface area contributed by atoms with Crippen molar-refractivity contribution in [1.82, 2.24) is 0 Å². The molecule has 3 atom stereocenters. The second-order valence-corrected chi connectivity index (χ2v) is 4.62. The van der Waals surface area contributed by atoms with E-state index in [1.54, 1.807) is 6.08 Å². The van der Waals surface area contributed by atoms with Crippen molar-refractivity contribution in [3.8, 4) is 0 Å². The van der Waals surface area contributed by atoms with Crippen LogP contribution in [-0.4, -0.2) is 12.3 Å². The normalized spacial score (nSPS) is 32.7. The Bertz CT molecular complexity index is 520. The van der Waals surface area contributed by atoms with Gasteiger partial charge in [0.25, 0.3) is 6.29 Å². The van der Waals surface area contributed by atoms with Crippen LogP contribution in [0.15, 0.2) is 59.9 Å². The van der Waals surface area contributed by atoms with E-state index in [1.807, 2.05) is 12.2 Å². The number of hydrogen-bond donors (Lipinski definition) is 0. The summed E-state index contributed by atoms with van der Waals surface area (Å²) in [6.07, 6.45) is 14.9. The van der Waals surface area contributed by atoms with Gasteiger partial charge in [-0.05, 0) is 23.6 Å². The van der Waals surface area contributed by atoms with E-state index in [-0.39, 0.29) is 5.97 Å². The van der Waals surface area contributed by atoms with Crippen molar-refractivity contribution < 1.29 is 14.3 Å². The summed E-state index contributed by atoms with van der Waals surface area (Å²) in [5, 5.41) is 0. The van der Waals surface area contributed by atoms with E-state index in [9.17, 15) is 4.79 Å². The van der Waals surface area contributed by atoms with Crippen molar-refractivity contribution in [3.05, 3.63) is 59.9 Å². The van der Waals surface area contributed by atoms with Crippen LogP contribution in [0, 0.1) is 11.8 Å². The zero-order valence-electron chi connectivity index (χ0n) is 10.1. The smallest absolute Gasteiger partial charge is 0.334 e. The lowest BCUT2D eigenvalue weighted by Gasteiger charge is -2.27. The molecule has 1 aliphatic heterocycles. The third-order valence-corrected chi connectivity index (χ3v) is 3.28. The molecule has 0 fully saturated rings. The minimum absolute atomic E-state index is 0.351. The van der Waals surface area contributed by atoms with Crippen LogP contribution in [0.2, 0.25) is 0 Å². The summed E-state index contributed by atoms with van der Waals surface area (Å²) in [6.45, 7) is 2.15. The fraction of sp³-hybridized carbons (Fsp3) is 0.267. The molecule has 0 N–H and O–H groups in total. The summed E-state index contributed by atoms with van der Waals surface area (Å²) < 4.78 is 10.6. The molecule has 3 aliphatic rings. The van der Waals surface area contributed by atoms with Gasteiger partial charge in [0, 0.05) is 18.1 Å². The molecule has 3 rings (SSSR count). The van der Waals surface area contributed by atoms with Crippen molar-refractivity contribution in [2.45, 2.75) is 13.2 Å². The molecule has 3 heteroatoms. The Kier molecular flexibility index (Phi) is 2.67. The van der Waals surface area contributed by atoms with E-state index in [1.165, 1.54) is 11.6 Å². The molecule has 1 heterocycles. The van der Waals surface area contributed by atoms with Gasteiger partial charge in [-0.2, -0.15) is 0 Å². The lowest BCUT2D eigenvalue weighted by molar-refractivity contribution is -0.152. The molecule has 0 spiro atoms. The van der Waals surface area contributed by atoms with Crippen LogP contribution in [0.3, 0.4) is 0 Å². The summed E-state index contributed by atoms with van der Waals surface area (Å²) in [5.41, 5.74) is 1.23. The molecule has 0 bridgehead atoms. The molecule has 0 aromatic heterocycles. The second-order valence-electron chi connectivity index (χ2n) is 4.62. The van der Waals surface area contributed by atoms with Gasteiger partial charge in [0.1, 0.15) is 5.76 Å². The third kappa shape index (κ3) is 2.04. The maximum atomic E-state index is 10.9. The number of ether oxygens (including phenoxy) is 2.